The van der Waals surface area contributed by atoms with E-state index in [1.165, 1.54) is 12.3 Å². The van der Waals surface area contributed by atoms with Crippen LogP contribution in [0.25, 0.3) is 10.8 Å². The maximum atomic E-state index is 13.2. The lowest BCUT2D eigenvalue weighted by molar-refractivity contribution is -0.385. The minimum Gasteiger partial charge on any atom is -0.335 e. The van der Waals surface area contributed by atoms with E-state index in [1.54, 1.807) is 73.7 Å². The van der Waals surface area contributed by atoms with Crippen LogP contribution in [0.1, 0.15) is 33.2 Å². The van der Waals surface area contributed by atoms with Crippen LogP contribution in [0.15, 0.2) is 82.7 Å². The average Bonchev–Trinajstić information content (AvgIpc) is 2.89. The van der Waals surface area contributed by atoms with Gasteiger partial charge < -0.3 is 5.32 Å². The number of nitrogens with one attached hydrogen (secondary N) is 3. The Kier molecular flexibility index (Phi) is 6.91. The predicted molar refractivity (Wildman–Crippen MR) is 133 cm³/mol. The third kappa shape index (κ3) is 5.14. The molecule has 0 aliphatic heterocycles. The summed E-state index contributed by atoms with van der Waals surface area (Å²) in [5, 5.41) is 24.8. The standard InChI is InChI=1S/C25H20N6O5/c1-15-11-12-16(13-20(15)31(35)36)14-26-29-25(34)22(27-23(32)17-7-3-2-4-8-17)21-18-9-5-6-10-19(18)24(33)30-28-21/h2-14,22H,1H3,(H,27,32)(H,29,34)(H,30,33). The fraction of sp³-hybridized carbons (Fsp3) is 0.0800. The number of H-pyrrole nitrogens is 1. The van der Waals surface area contributed by atoms with Gasteiger partial charge in [0.15, 0.2) is 6.04 Å². The summed E-state index contributed by atoms with van der Waals surface area (Å²) in [5.74, 6) is -1.27. The molecule has 0 fully saturated rings. The molecule has 11 heteroatoms. The molecule has 3 N–H and O–H groups in total. The molecule has 3 aromatic carbocycles. The number of nitro groups is 1. The predicted octanol–water partition coefficient (Wildman–Crippen LogP) is 2.76. The van der Waals surface area contributed by atoms with Crippen molar-refractivity contribution in [2.24, 2.45) is 5.10 Å². The normalized spacial score (nSPS) is 11.8. The van der Waals surface area contributed by atoms with Gasteiger partial charge in [-0.05, 0) is 25.1 Å². The Balaban J connectivity index is 1.66. The van der Waals surface area contributed by atoms with E-state index in [9.17, 15) is 24.5 Å². The van der Waals surface area contributed by atoms with Gasteiger partial charge in [0, 0.05) is 28.1 Å². The number of aromatic amines is 1. The maximum Gasteiger partial charge on any atom is 0.272 e. The lowest BCUT2D eigenvalue weighted by Gasteiger charge is -2.18. The lowest BCUT2D eigenvalue weighted by atomic mass is 10.0. The number of hydrazone groups is 1. The first kappa shape index (κ1) is 24.0. The summed E-state index contributed by atoms with van der Waals surface area (Å²) in [6.45, 7) is 1.61. The number of fused-ring (bicyclic) bond motifs is 1. The number of hydrogen-bond acceptors (Lipinski definition) is 7. The second-order valence-corrected chi connectivity index (χ2v) is 7.79. The third-order valence-electron chi connectivity index (χ3n) is 5.39. The maximum absolute atomic E-state index is 13.2. The minimum atomic E-state index is -1.32. The Morgan fingerprint density at radius 3 is 2.47 bits per heavy atom. The topological polar surface area (TPSA) is 159 Å². The van der Waals surface area contributed by atoms with Gasteiger partial charge in [-0.15, -0.1) is 0 Å². The Morgan fingerprint density at radius 2 is 1.75 bits per heavy atom. The second kappa shape index (κ2) is 10.4. The minimum absolute atomic E-state index is 0.0813. The van der Waals surface area contributed by atoms with E-state index >= 15 is 0 Å². The van der Waals surface area contributed by atoms with Crippen LogP contribution in [0.5, 0.6) is 0 Å². The van der Waals surface area contributed by atoms with Gasteiger partial charge in [0.2, 0.25) is 0 Å². The number of hydrogen-bond donors (Lipinski definition) is 3. The number of benzene rings is 3. The van der Waals surface area contributed by atoms with Gasteiger partial charge in [-0.3, -0.25) is 24.5 Å². The van der Waals surface area contributed by atoms with Crippen molar-refractivity contribution in [2.75, 3.05) is 0 Å². The molecule has 11 nitrogen and oxygen atoms in total. The van der Waals surface area contributed by atoms with E-state index in [2.05, 4.69) is 26.0 Å². The van der Waals surface area contributed by atoms with Crippen LogP contribution >= 0.6 is 0 Å². The molecule has 1 atom stereocenters. The number of aryl methyl sites for hydroxylation is 1. The highest BCUT2D eigenvalue weighted by molar-refractivity contribution is 5.99. The summed E-state index contributed by atoms with van der Waals surface area (Å²) >= 11 is 0. The zero-order valence-corrected chi connectivity index (χ0v) is 19.0. The van der Waals surface area contributed by atoms with E-state index in [0.29, 0.717) is 27.5 Å². The van der Waals surface area contributed by atoms with E-state index in [4.69, 9.17) is 0 Å². The molecule has 36 heavy (non-hydrogen) atoms. The van der Waals surface area contributed by atoms with Crippen molar-refractivity contribution in [3.05, 3.63) is 116 Å². The molecule has 0 radical (unpaired) electrons. The number of nitro benzene ring substituents is 1. The van der Waals surface area contributed by atoms with E-state index < -0.39 is 28.3 Å². The quantitative estimate of drug-likeness (QED) is 0.208. The number of nitrogens with zero attached hydrogens (tertiary/aromatic N) is 3. The molecule has 1 aromatic heterocycles. The number of aromatic nitrogens is 2. The van der Waals surface area contributed by atoms with Crippen molar-refractivity contribution in [1.29, 1.82) is 0 Å². The van der Waals surface area contributed by atoms with Crippen LogP contribution in [0.2, 0.25) is 0 Å². The number of carbonyl (C=O) groups excluding carboxylic acids is 2. The van der Waals surface area contributed by atoms with Crippen LogP contribution in [0, 0.1) is 17.0 Å². The summed E-state index contributed by atoms with van der Waals surface area (Å²) in [5.41, 5.74) is 3.14. The SMILES string of the molecule is Cc1ccc(C=NNC(=O)C(NC(=O)c2ccccc2)c2n[nH]c(=O)c3ccccc23)cc1[N+](=O)[O-]. The first-order chi connectivity index (χ1) is 17.3. The largest absolute Gasteiger partial charge is 0.335 e. The second-order valence-electron chi connectivity index (χ2n) is 7.79. The van der Waals surface area contributed by atoms with E-state index in [1.807, 2.05) is 0 Å². The molecule has 2 amide bonds. The van der Waals surface area contributed by atoms with Gasteiger partial charge in [-0.25, -0.2) is 10.5 Å². The monoisotopic (exact) mass is 484 g/mol. The number of rotatable bonds is 7. The third-order valence-corrected chi connectivity index (χ3v) is 5.39. The molecule has 0 bridgehead atoms. The molecule has 0 spiro atoms. The fourth-order valence-corrected chi connectivity index (χ4v) is 3.56. The molecule has 0 saturated heterocycles. The Labute approximate surface area is 204 Å². The van der Waals surface area contributed by atoms with E-state index in [0.717, 1.165) is 0 Å². The lowest BCUT2D eigenvalue weighted by Crippen LogP contribution is -2.40. The number of amides is 2. The molecular formula is C25H20N6O5. The van der Waals surface area contributed by atoms with Gasteiger partial charge in [-0.1, -0.05) is 48.5 Å². The van der Waals surface area contributed by atoms with Crippen molar-refractivity contribution in [1.82, 2.24) is 20.9 Å². The van der Waals surface area contributed by atoms with Gasteiger partial charge in [-0.2, -0.15) is 10.2 Å². The molecule has 0 saturated carbocycles. The van der Waals surface area contributed by atoms with Crippen molar-refractivity contribution in [3.8, 4) is 0 Å². The first-order valence-corrected chi connectivity index (χ1v) is 10.8. The van der Waals surface area contributed by atoms with Gasteiger partial charge in [0.1, 0.15) is 5.69 Å². The highest BCUT2D eigenvalue weighted by Gasteiger charge is 2.27. The summed E-state index contributed by atoms with van der Waals surface area (Å²) in [6, 6.07) is 18.0. The molecule has 4 rings (SSSR count). The van der Waals surface area contributed by atoms with Gasteiger partial charge in [0.05, 0.1) is 16.5 Å². The van der Waals surface area contributed by atoms with Crippen LogP contribution in [-0.2, 0) is 4.79 Å². The van der Waals surface area contributed by atoms with Gasteiger partial charge >= 0.3 is 0 Å². The van der Waals surface area contributed by atoms with Crippen LogP contribution < -0.4 is 16.3 Å². The smallest absolute Gasteiger partial charge is 0.272 e. The molecule has 0 aliphatic carbocycles. The van der Waals surface area contributed by atoms with Crippen molar-refractivity contribution < 1.29 is 14.5 Å². The zero-order valence-electron chi connectivity index (χ0n) is 19.0. The fourth-order valence-electron chi connectivity index (χ4n) is 3.56. The Bertz CT molecular complexity index is 1550. The van der Waals surface area contributed by atoms with E-state index in [-0.39, 0.29) is 11.4 Å². The van der Waals surface area contributed by atoms with Crippen LogP contribution in [0.3, 0.4) is 0 Å². The molecule has 4 aromatic rings. The van der Waals surface area contributed by atoms with Crippen molar-refractivity contribution in [2.45, 2.75) is 13.0 Å². The molecule has 0 aliphatic rings. The Hall–Kier alpha value is -5.19. The molecule has 1 unspecified atom stereocenters. The summed E-state index contributed by atoms with van der Waals surface area (Å²) in [6.07, 6.45) is 1.25. The van der Waals surface area contributed by atoms with Crippen molar-refractivity contribution >= 4 is 34.5 Å². The number of carbonyl (C=O) groups is 2. The molecule has 1 heterocycles. The van der Waals surface area contributed by atoms with Crippen molar-refractivity contribution in [3.63, 3.8) is 0 Å². The molecule has 180 valence electrons. The zero-order chi connectivity index (χ0) is 25.7. The molecular weight excluding hydrogens is 464 g/mol. The summed E-state index contributed by atoms with van der Waals surface area (Å²) in [7, 11) is 0. The Morgan fingerprint density at radius 1 is 1.06 bits per heavy atom. The van der Waals surface area contributed by atoms with Crippen LogP contribution in [-0.4, -0.2) is 33.1 Å². The highest BCUT2D eigenvalue weighted by Crippen LogP contribution is 2.21. The summed E-state index contributed by atoms with van der Waals surface area (Å²) in [4.78, 5) is 48.9. The first-order valence-electron chi connectivity index (χ1n) is 10.8. The highest BCUT2D eigenvalue weighted by atomic mass is 16.6. The average molecular weight is 484 g/mol. The summed E-state index contributed by atoms with van der Waals surface area (Å²) < 4.78 is 0. The van der Waals surface area contributed by atoms with Crippen LogP contribution in [0.4, 0.5) is 5.69 Å². The van der Waals surface area contributed by atoms with Gasteiger partial charge in [0.25, 0.3) is 23.1 Å².